The fourth-order valence-electron chi connectivity index (χ4n) is 3.39. The van der Waals surface area contributed by atoms with E-state index in [0.29, 0.717) is 11.3 Å². The highest BCUT2D eigenvalue weighted by Crippen LogP contribution is 2.30. The Morgan fingerprint density at radius 1 is 1.09 bits per heavy atom. The van der Waals surface area contributed by atoms with E-state index in [-0.39, 0.29) is 23.5 Å². The van der Waals surface area contributed by atoms with E-state index >= 15 is 0 Å². The van der Waals surface area contributed by atoms with Crippen molar-refractivity contribution in [3.05, 3.63) is 98.5 Å². The highest BCUT2D eigenvalue weighted by atomic mass is 32.2. The average molecular weight is 478 g/mol. The Morgan fingerprint density at radius 2 is 1.82 bits per heavy atom. The lowest BCUT2D eigenvalue weighted by atomic mass is 10.1. The van der Waals surface area contributed by atoms with Crippen molar-refractivity contribution < 1.29 is 26.7 Å². The lowest BCUT2D eigenvalue weighted by Gasteiger charge is -2.14. The number of nitrogens with one attached hydrogen (secondary N) is 1. The van der Waals surface area contributed by atoms with Crippen molar-refractivity contribution in [2.24, 2.45) is 0 Å². The molecule has 3 rings (SSSR count). The van der Waals surface area contributed by atoms with Crippen molar-refractivity contribution in [2.45, 2.75) is 32.3 Å². The fraction of sp³-hybridized carbons (Fsp3) is 0.217. The monoisotopic (exact) mass is 478 g/mol. The van der Waals surface area contributed by atoms with Gasteiger partial charge in [-0.2, -0.15) is 13.2 Å². The number of carbonyl (C=O) groups excluding carboxylic acids is 1. The van der Waals surface area contributed by atoms with Crippen LogP contribution in [0.2, 0.25) is 0 Å². The lowest BCUT2D eigenvalue weighted by molar-refractivity contribution is -0.137. The summed E-state index contributed by atoms with van der Waals surface area (Å²) in [5.74, 6) is -0.671. The smallest absolute Gasteiger partial charge is 0.348 e. The molecule has 2 N–H and O–H groups in total. The molecule has 174 valence electrons. The second-order valence-corrected chi connectivity index (χ2v) is 8.42. The molecule has 10 heteroatoms. The Morgan fingerprint density at radius 3 is 2.45 bits per heavy atom. The number of nitrogens with zero attached hydrogens (tertiary/aromatic N) is 1. The molecule has 0 aliphatic carbocycles. The van der Waals surface area contributed by atoms with Gasteiger partial charge in [0.1, 0.15) is 5.56 Å². The maximum Gasteiger partial charge on any atom is 0.416 e. The summed E-state index contributed by atoms with van der Waals surface area (Å²) in [5.41, 5.74) is 0.757. The highest BCUT2D eigenvalue weighted by molar-refractivity contribution is 7.78. The minimum atomic E-state index is -4.57. The standard InChI is InChI=1S/C23H21F3N2O4S/c1-14-10-16(7-8-17(14)13-33(31)32)12-27-21(29)20-9-6-15(2)28(22(20)30)19-5-3-4-18(11-19)23(24,25)26/h3-11H,12-13H2,1-2H3,(H,27,29)(H,31,32). The van der Waals surface area contributed by atoms with Gasteiger partial charge in [-0.25, -0.2) is 4.21 Å². The summed E-state index contributed by atoms with van der Waals surface area (Å²) in [6.45, 7) is 3.44. The Balaban J connectivity index is 1.85. The maximum atomic E-state index is 13.1. The Labute approximate surface area is 190 Å². The molecule has 0 saturated carbocycles. The average Bonchev–Trinajstić information content (AvgIpc) is 2.73. The Kier molecular flexibility index (Phi) is 7.19. The molecule has 1 unspecified atom stereocenters. The van der Waals surface area contributed by atoms with Crippen LogP contribution in [0.25, 0.3) is 5.69 Å². The van der Waals surface area contributed by atoms with Crippen molar-refractivity contribution >= 4 is 17.0 Å². The van der Waals surface area contributed by atoms with Crippen LogP contribution < -0.4 is 10.9 Å². The predicted molar refractivity (Wildman–Crippen MR) is 119 cm³/mol. The molecule has 33 heavy (non-hydrogen) atoms. The SMILES string of the molecule is Cc1cc(CNC(=O)c2ccc(C)n(-c3cccc(C(F)(F)F)c3)c2=O)ccc1CS(=O)O. The molecule has 0 radical (unpaired) electrons. The van der Waals surface area contributed by atoms with E-state index in [0.717, 1.165) is 27.8 Å². The molecule has 0 saturated heterocycles. The van der Waals surface area contributed by atoms with Crippen molar-refractivity contribution in [2.75, 3.05) is 0 Å². The van der Waals surface area contributed by atoms with E-state index in [1.807, 2.05) is 0 Å². The van der Waals surface area contributed by atoms with Gasteiger partial charge in [0.15, 0.2) is 11.1 Å². The summed E-state index contributed by atoms with van der Waals surface area (Å²) in [6, 6.07) is 12.3. The topological polar surface area (TPSA) is 88.4 Å². The quantitative estimate of drug-likeness (QED) is 0.522. The van der Waals surface area contributed by atoms with Crippen LogP contribution in [0.5, 0.6) is 0 Å². The molecule has 1 amide bonds. The predicted octanol–water partition coefficient (Wildman–Crippen LogP) is 4.12. The number of aryl methyl sites for hydroxylation is 2. The van der Waals surface area contributed by atoms with Gasteiger partial charge < -0.3 is 9.87 Å². The summed E-state index contributed by atoms with van der Waals surface area (Å²) < 4.78 is 60.4. The van der Waals surface area contributed by atoms with Crippen LogP contribution in [-0.2, 0) is 29.6 Å². The number of benzene rings is 2. The van der Waals surface area contributed by atoms with Crippen molar-refractivity contribution in [3.8, 4) is 5.69 Å². The summed E-state index contributed by atoms with van der Waals surface area (Å²) >= 11 is -1.97. The first-order valence-electron chi connectivity index (χ1n) is 9.81. The molecule has 2 aromatic carbocycles. The minimum absolute atomic E-state index is 0.00306. The number of hydrogen-bond acceptors (Lipinski definition) is 3. The van der Waals surface area contributed by atoms with Gasteiger partial charge >= 0.3 is 6.18 Å². The largest absolute Gasteiger partial charge is 0.416 e. The van der Waals surface area contributed by atoms with E-state index in [4.69, 9.17) is 4.55 Å². The third-order valence-corrected chi connectivity index (χ3v) is 5.65. The molecule has 1 heterocycles. The lowest BCUT2D eigenvalue weighted by Crippen LogP contribution is -2.33. The minimum Gasteiger partial charge on any atom is -0.348 e. The Hall–Kier alpha value is -3.24. The van der Waals surface area contributed by atoms with Crippen LogP contribution in [0.4, 0.5) is 13.2 Å². The summed E-state index contributed by atoms with van der Waals surface area (Å²) in [4.78, 5) is 25.7. The van der Waals surface area contributed by atoms with Crippen LogP contribution in [0, 0.1) is 13.8 Å². The summed E-state index contributed by atoms with van der Waals surface area (Å²) in [5, 5.41) is 2.64. The first-order valence-corrected chi connectivity index (χ1v) is 11.1. The maximum absolute atomic E-state index is 13.1. The second-order valence-electron chi connectivity index (χ2n) is 7.49. The van der Waals surface area contributed by atoms with E-state index in [1.165, 1.54) is 24.3 Å². The molecular formula is C23H21F3N2O4S. The van der Waals surface area contributed by atoms with Crippen LogP contribution in [0.1, 0.15) is 38.3 Å². The Bertz CT molecular complexity index is 1290. The zero-order valence-electron chi connectivity index (χ0n) is 17.8. The van der Waals surface area contributed by atoms with Crippen LogP contribution in [0.15, 0.2) is 59.4 Å². The van der Waals surface area contributed by atoms with Gasteiger partial charge in [-0.1, -0.05) is 24.3 Å². The number of hydrogen-bond donors (Lipinski definition) is 2. The molecule has 0 spiro atoms. The van der Waals surface area contributed by atoms with E-state index in [9.17, 15) is 27.0 Å². The number of aromatic nitrogens is 1. The van der Waals surface area contributed by atoms with Crippen molar-refractivity contribution in [3.63, 3.8) is 0 Å². The number of rotatable bonds is 6. The van der Waals surface area contributed by atoms with Gasteiger partial charge in [0.05, 0.1) is 11.3 Å². The number of halogens is 3. The molecule has 0 aliphatic rings. The van der Waals surface area contributed by atoms with E-state index < -0.39 is 34.3 Å². The number of carbonyl (C=O) groups is 1. The zero-order valence-corrected chi connectivity index (χ0v) is 18.6. The van der Waals surface area contributed by atoms with Gasteiger partial charge in [-0.15, -0.1) is 0 Å². The number of pyridine rings is 1. The normalized spacial score (nSPS) is 12.4. The molecule has 6 nitrogen and oxygen atoms in total. The highest BCUT2D eigenvalue weighted by Gasteiger charge is 2.30. The molecule has 0 aliphatic heterocycles. The number of alkyl halides is 3. The zero-order chi connectivity index (χ0) is 24.3. The molecule has 3 aromatic rings. The molecule has 1 atom stereocenters. The third kappa shape index (κ3) is 5.77. The van der Waals surface area contributed by atoms with Crippen molar-refractivity contribution in [1.82, 2.24) is 9.88 Å². The van der Waals surface area contributed by atoms with Crippen LogP contribution >= 0.6 is 0 Å². The first-order chi connectivity index (χ1) is 15.5. The number of amides is 1. The van der Waals surface area contributed by atoms with Crippen LogP contribution in [-0.4, -0.2) is 19.2 Å². The van der Waals surface area contributed by atoms with Gasteiger partial charge in [0.2, 0.25) is 0 Å². The summed E-state index contributed by atoms with van der Waals surface area (Å²) in [6.07, 6.45) is -4.57. The first kappa shape index (κ1) is 24.4. The van der Waals surface area contributed by atoms with Gasteiger partial charge in [0.25, 0.3) is 11.5 Å². The summed E-state index contributed by atoms with van der Waals surface area (Å²) in [7, 11) is 0. The molecule has 0 fully saturated rings. The van der Waals surface area contributed by atoms with Crippen molar-refractivity contribution in [1.29, 1.82) is 0 Å². The third-order valence-electron chi connectivity index (χ3n) is 5.09. The second kappa shape index (κ2) is 9.72. The van der Waals surface area contributed by atoms with Gasteiger partial charge in [0, 0.05) is 17.9 Å². The molecule has 0 bridgehead atoms. The molecule has 1 aromatic heterocycles. The van der Waals surface area contributed by atoms with E-state index in [2.05, 4.69) is 5.32 Å². The van der Waals surface area contributed by atoms with Crippen LogP contribution in [0.3, 0.4) is 0 Å². The van der Waals surface area contributed by atoms with Gasteiger partial charge in [-0.05, 0) is 60.9 Å². The molecular weight excluding hydrogens is 457 g/mol. The van der Waals surface area contributed by atoms with Gasteiger partial charge in [-0.3, -0.25) is 14.2 Å². The fourth-order valence-corrected chi connectivity index (χ4v) is 3.98. The van der Waals surface area contributed by atoms with E-state index in [1.54, 1.807) is 32.0 Å².